The molecule has 0 bridgehead atoms. The van der Waals surface area contributed by atoms with Crippen LogP contribution in [-0.2, 0) is 28.0 Å². The van der Waals surface area contributed by atoms with Gasteiger partial charge in [-0.05, 0) is 43.0 Å². The lowest BCUT2D eigenvalue weighted by Gasteiger charge is -2.21. The zero-order valence-electron chi connectivity index (χ0n) is 14.8. The first-order valence-electron chi connectivity index (χ1n) is 8.35. The van der Waals surface area contributed by atoms with Crippen molar-refractivity contribution in [2.75, 3.05) is 11.9 Å². The van der Waals surface area contributed by atoms with Crippen LogP contribution in [0, 0.1) is 0 Å². The van der Waals surface area contributed by atoms with Gasteiger partial charge in [-0.2, -0.15) is 0 Å². The van der Waals surface area contributed by atoms with E-state index in [-0.39, 0.29) is 6.54 Å². The molecule has 0 saturated carbocycles. The van der Waals surface area contributed by atoms with E-state index in [2.05, 4.69) is 10.6 Å². The molecule has 134 valence electrons. The molecule has 0 radical (unpaired) electrons. The Hall–Kier alpha value is -2.60. The number of carbonyl (C=O) groups is 2. The van der Waals surface area contributed by atoms with Crippen LogP contribution >= 0.6 is 0 Å². The normalized spacial score (nSPS) is 13.1. The van der Waals surface area contributed by atoms with Gasteiger partial charge in [0.1, 0.15) is 11.4 Å². The monoisotopic (exact) mass is 344 g/mol. The Morgan fingerprint density at radius 2 is 1.72 bits per heavy atom. The third-order valence-corrected chi connectivity index (χ3v) is 4.09. The van der Waals surface area contributed by atoms with Crippen LogP contribution in [0.1, 0.15) is 37.7 Å². The van der Waals surface area contributed by atoms with E-state index in [4.69, 9.17) is 4.42 Å². The molecule has 25 heavy (non-hydrogen) atoms. The van der Waals surface area contributed by atoms with Gasteiger partial charge in [0.25, 0.3) is 0 Å². The highest BCUT2D eigenvalue weighted by Gasteiger charge is 2.28. The van der Waals surface area contributed by atoms with Crippen molar-refractivity contribution in [3.05, 3.63) is 53.5 Å². The predicted octanol–water partition coefficient (Wildman–Crippen LogP) is 2.37. The number of rotatable bonds is 6. The number of benzene rings is 1. The number of hydrogen-bond acceptors (Lipinski definition) is 4. The number of nitrogens with one attached hydrogen (secondary N) is 2. The van der Waals surface area contributed by atoms with Crippen LogP contribution in [0.5, 0.6) is 0 Å². The minimum absolute atomic E-state index is 0.136. The Labute approximate surface area is 147 Å². The van der Waals surface area contributed by atoms with Gasteiger partial charge in [0.15, 0.2) is 0 Å². The minimum Gasteiger partial charge on any atom is -0.466 e. The fourth-order valence-corrected chi connectivity index (χ4v) is 2.58. The average Bonchev–Trinajstić information content (AvgIpc) is 3.15. The fourth-order valence-electron chi connectivity index (χ4n) is 2.58. The second kappa shape index (κ2) is 7.98. The molecule has 1 aromatic heterocycles. The molecule has 6 heteroatoms. The first-order valence-corrected chi connectivity index (χ1v) is 8.35. The van der Waals surface area contributed by atoms with Crippen LogP contribution in [0.3, 0.4) is 0 Å². The van der Waals surface area contributed by atoms with E-state index in [1.807, 2.05) is 32.0 Å². The number of anilines is 1. The van der Waals surface area contributed by atoms with Gasteiger partial charge in [-0.3, -0.25) is 9.59 Å². The average molecular weight is 344 g/mol. The van der Waals surface area contributed by atoms with Gasteiger partial charge < -0.3 is 20.2 Å². The third kappa shape index (κ3) is 4.48. The zero-order chi connectivity index (χ0) is 18.4. The lowest BCUT2D eigenvalue weighted by molar-refractivity contribution is -0.136. The first kappa shape index (κ1) is 18.7. The van der Waals surface area contributed by atoms with Crippen molar-refractivity contribution in [1.29, 1.82) is 0 Å². The van der Waals surface area contributed by atoms with E-state index in [0.717, 1.165) is 24.0 Å². The van der Waals surface area contributed by atoms with E-state index in [1.165, 1.54) is 13.2 Å². The second-order valence-corrected chi connectivity index (χ2v) is 6.05. The Balaban J connectivity index is 2.03. The van der Waals surface area contributed by atoms with Crippen LogP contribution in [0.4, 0.5) is 5.69 Å². The Morgan fingerprint density at radius 1 is 1.08 bits per heavy atom. The summed E-state index contributed by atoms with van der Waals surface area (Å²) in [5, 5.41) is 15.5. The fraction of sp³-hybridized carbons (Fsp3) is 0.368. The summed E-state index contributed by atoms with van der Waals surface area (Å²) in [7, 11) is 0. The van der Waals surface area contributed by atoms with E-state index in [1.54, 1.807) is 12.1 Å². The molecule has 2 aromatic rings. The summed E-state index contributed by atoms with van der Waals surface area (Å²) in [6.45, 7) is 5.35. The van der Waals surface area contributed by atoms with E-state index in [9.17, 15) is 14.7 Å². The number of aryl methyl sites for hydroxylation is 2. The van der Waals surface area contributed by atoms with Crippen molar-refractivity contribution >= 4 is 17.5 Å². The standard InChI is InChI=1S/C19H24N2O4/c1-4-13-8-6-9-14(5-2)16(13)21-18(23)17(22)20-12-19(3,24)15-10-7-11-25-15/h6-11,24H,4-5,12H2,1-3H3,(H,20,22)(H,21,23). The zero-order valence-corrected chi connectivity index (χ0v) is 14.8. The topological polar surface area (TPSA) is 91.6 Å². The number of aliphatic hydroxyl groups is 1. The summed E-state index contributed by atoms with van der Waals surface area (Å²) in [6.07, 6.45) is 2.93. The van der Waals surface area contributed by atoms with Gasteiger partial charge in [0, 0.05) is 5.69 Å². The molecular formula is C19H24N2O4. The van der Waals surface area contributed by atoms with Crippen molar-refractivity contribution in [2.24, 2.45) is 0 Å². The van der Waals surface area contributed by atoms with E-state index < -0.39 is 17.4 Å². The summed E-state index contributed by atoms with van der Waals surface area (Å²) in [5.41, 5.74) is 1.24. The molecule has 0 fully saturated rings. The number of hydrogen-bond donors (Lipinski definition) is 3. The van der Waals surface area contributed by atoms with Gasteiger partial charge in [-0.25, -0.2) is 0 Å². The van der Waals surface area contributed by atoms with Gasteiger partial charge in [0.05, 0.1) is 12.8 Å². The molecule has 0 spiro atoms. The lowest BCUT2D eigenvalue weighted by Crippen LogP contribution is -2.43. The van der Waals surface area contributed by atoms with Crippen molar-refractivity contribution in [3.63, 3.8) is 0 Å². The highest BCUT2D eigenvalue weighted by Crippen LogP contribution is 2.23. The molecule has 2 amide bonds. The maximum absolute atomic E-state index is 12.2. The minimum atomic E-state index is -1.39. The number of furan rings is 1. The van der Waals surface area contributed by atoms with Crippen LogP contribution < -0.4 is 10.6 Å². The largest absolute Gasteiger partial charge is 0.466 e. The Bertz CT molecular complexity index is 714. The SMILES string of the molecule is CCc1cccc(CC)c1NC(=O)C(=O)NCC(C)(O)c1ccco1. The second-order valence-electron chi connectivity index (χ2n) is 6.05. The van der Waals surface area contributed by atoms with E-state index >= 15 is 0 Å². The molecule has 0 saturated heterocycles. The van der Waals surface area contributed by atoms with E-state index in [0.29, 0.717) is 11.4 Å². The summed E-state index contributed by atoms with van der Waals surface area (Å²) in [5.74, 6) is -1.25. The smallest absolute Gasteiger partial charge is 0.313 e. The van der Waals surface area contributed by atoms with Crippen molar-refractivity contribution in [2.45, 2.75) is 39.2 Å². The molecule has 2 rings (SSSR count). The van der Waals surface area contributed by atoms with Crippen molar-refractivity contribution < 1.29 is 19.1 Å². The van der Waals surface area contributed by atoms with Crippen molar-refractivity contribution in [1.82, 2.24) is 5.32 Å². The maximum Gasteiger partial charge on any atom is 0.313 e. The van der Waals surface area contributed by atoms with Crippen LogP contribution in [0.2, 0.25) is 0 Å². The molecule has 6 nitrogen and oxygen atoms in total. The highest BCUT2D eigenvalue weighted by molar-refractivity contribution is 6.39. The summed E-state index contributed by atoms with van der Waals surface area (Å²) < 4.78 is 5.15. The van der Waals surface area contributed by atoms with Crippen LogP contribution in [0.25, 0.3) is 0 Å². The molecule has 1 unspecified atom stereocenters. The number of amides is 2. The first-order chi connectivity index (χ1) is 11.9. The van der Waals surface area contributed by atoms with Gasteiger partial charge >= 0.3 is 11.8 Å². The summed E-state index contributed by atoms with van der Waals surface area (Å²) in [6, 6.07) is 9.04. The third-order valence-electron chi connectivity index (χ3n) is 4.09. The molecule has 0 aliphatic rings. The highest BCUT2D eigenvalue weighted by atomic mass is 16.4. The molecule has 1 atom stereocenters. The van der Waals surface area contributed by atoms with Gasteiger partial charge in [-0.1, -0.05) is 32.0 Å². The molecule has 0 aliphatic carbocycles. The number of carbonyl (C=O) groups excluding carboxylic acids is 2. The number of para-hydroxylation sites is 1. The summed E-state index contributed by atoms with van der Waals surface area (Å²) in [4.78, 5) is 24.3. The molecule has 3 N–H and O–H groups in total. The van der Waals surface area contributed by atoms with Crippen LogP contribution in [0.15, 0.2) is 41.0 Å². The van der Waals surface area contributed by atoms with Gasteiger partial charge in [-0.15, -0.1) is 0 Å². The predicted molar refractivity (Wildman–Crippen MR) is 95.1 cm³/mol. The molecule has 1 aromatic carbocycles. The van der Waals surface area contributed by atoms with Gasteiger partial charge in [0.2, 0.25) is 0 Å². The molecular weight excluding hydrogens is 320 g/mol. The lowest BCUT2D eigenvalue weighted by atomic mass is 10.0. The van der Waals surface area contributed by atoms with Crippen LogP contribution in [-0.4, -0.2) is 23.5 Å². The Morgan fingerprint density at radius 3 is 2.24 bits per heavy atom. The summed E-state index contributed by atoms with van der Waals surface area (Å²) >= 11 is 0. The quantitative estimate of drug-likeness (QED) is 0.702. The molecule has 0 aliphatic heterocycles. The molecule has 1 heterocycles. The maximum atomic E-state index is 12.2. The Kier molecular flexibility index (Phi) is 5.98. The van der Waals surface area contributed by atoms with Crippen molar-refractivity contribution in [3.8, 4) is 0 Å².